The van der Waals surface area contributed by atoms with Gasteiger partial charge in [0.1, 0.15) is 0 Å². The van der Waals surface area contributed by atoms with Crippen LogP contribution in [0.5, 0.6) is 0 Å². The van der Waals surface area contributed by atoms with Gasteiger partial charge in [0.15, 0.2) is 0 Å². The van der Waals surface area contributed by atoms with E-state index in [4.69, 9.17) is 0 Å². The summed E-state index contributed by atoms with van der Waals surface area (Å²) < 4.78 is 27.3. The normalized spacial score (nSPS) is 20.3. The highest BCUT2D eigenvalue weighted by atomic mass is 79.9. The molecule has 82 valence electrons. The molecule has 1 fully saturated rings. The van der Waals surface area contributed by atoms with Gasteiger partial charge in [-0.2, -0.15) is 0 Å². The van der Waals surface area contributed by atoms with Crippen LogP contribution >= 0.6 is 15.9 Å². The molecule has 0 unspecified atom stereocenters. The monoisotopic (exact) mass is 275 g/mol. The standard InChI is InChI=1S/C11H12BrF2N/c12-9-2-4-10(5-3-9)15-7-1-6-11(13,14)8-15/h2-5H,1,6-8H2. The van der Waals surface area contributed by atoms with Gasteiger partial charge < -0.3 is 4.90 Å². The number of anilines is 1. The van der Waals surface area contributed by atoms with Crippen LogP contribution in [0.15, 0.2) is 28.7 Å². The van der Waals surface area contributed by atoms with Crippen molar-refractivity contribution in [1.29, 1.82) is 0 Å². The maximum absolute atomic E-state index is 13.2. The van der Waals surface area contributed by atoms with Crippen molar-refractivity contribution in [1.82, 2.24) is 0 Å². The summed E-state index contributed by atoms with van der Waals surface area (Å²) >= 11 is 3.33. The van der Waals surface area contributed by atoms with Gasteiger partial charge in [-0.1, -0.05) is 15.9 Å². The summed E-state index contributed by atoms with van der Waals surface area (Å²) in [6, 6.07) is 7.49. The van der Waals surface area contributed by atoms with Crippen molar-refractivity contribution in [2.75, 3.05) is 18.0 Å². The minimum absolute atomic E-state index is 0.0139. The molecule has 0 aliphatic carbocycles. The Labute approximate surface area is 96.2 Å². The lowest BCUT2D eigenvalue weighted by Crippen LogP contribution is -2.42. The molecule has 1 nitrogen and oxygen atoms in total. The van der Waals surface area contributed by atoms with Crippen molar-refractivity contribution in [2.45, 2.75) is 18.8 Å². The highest BCUT2D eigenvalue weighted by Gasteiger charge is 2.35. The Morgan fingerprint density at radius 2 is 1.87 bits per heavy atom. The van der Waals surface area contributed by atoms with Gasteiger partial charge in [0.25, 0.3) is 5.92 Å². The maximum Gasteiger partial charge on any atom is 0.265 e. The second-order valence-corrected chi connectivity index (χ2v) is 4.77. The van der Waals surface area contributed by atoms with Crippen LogP contribution in [0.4, 0.5) is 14.5 Å². The van der Waals surface area contributed by atoms with Gasteiger partial charge in [0.05, 0.1) is 6.54 Å². The van der Waals surface area contributed by atoms with Gasteiger partial charge in [-0.3, -0.25) is 0 Å². The quantitative estimate of drug-likeness (QED) is 0.756. The zero-order valence-corrected chi connectivity index (χ0v) is 9.80. The molecule has 0 aromatic heterocycles. The van der Waals surface area contributed by atoms with E-state index in [1.54, 1.807) is 4.90 Å². The number of hydrogen-bond acceptors (Lipinski definition) is 1. The molecule has 1 aliphatic heterocycles. The Hall–Kier alpha value is -0.640. The summed E-state index contributed by atoms with van der Waals surface area (Å²) in [6.07, 6.45) is 0.573. The zero-order valence-electron chi connectivity index (χ0n) is 8.22. The van der Waals surface area contributed by atoms with E-state index in [1.165, 1.54) is 0 Å². The smallest absolute Gasteiger partial charge is 0.265 e. The van der Waals surface area contributed by atoms with E-state index in [2.05, 4.69) is 15.9 Å². The van der Waals surface area contributed by atoms with Gasteiger partial charge in [-0.05, 0) is 30.7 Å². The van der Waals surface area contributed by atoms with Gasteiger partial charge in [0, 0.05) is 23.1 Å². The van der Waals surface area contributed by atoms with Crippen LogP contribution in [-0.4, -0.2) is 19.0 Å². The molecule has 0 bridgehead atoms. The van der Waals surface area contributed by atoms with E-state index in [0.29, 0.717) is 6.42 Å². The predicted molar refractivity (Wildman–Crippen MR) is 60.5 cm³/mol. The fourth-order valence-corrected chi connectivity index (χ4v) is 2.10. The van der Waals surface area contributed by atoms with E-state index < -0.39 is 5.92 Å². The highest BCUT2D eigenvalue weighted by Crippen LogP contribution is 2.30. The summed E-state index contributed by atoms with van der Waals surface area (Å²) in [5.41, 5.74) is 0.873. The Balaban J connectivity index is 2.13. The molecule has 0 saturated carbocycles. The first kappa shape index (κ1) is 10.9. The first-order valence-corrected chi connectivity index (χ1v) is 5.74. The van der Waals surface area contributed by atoms with Crippen LogP contribution in [0.25, 0.3) is 0 Å². The van der Waals surface area contributed by atoms with Crippen molar-refractivity contribution in [3.63, 3.8) is 0 Å². The van der Waals surface area contributed by atoms with Gasteiger partial charge in [-0.15, -0.1) is 0 Å². The van der Waals surface area contributed by atoms with Crippen LogP contribution in [-0.2, 0) is 0 Å². The average Bonchev–Trinajstić information content (AvgIpc) is 2.17. The molecule has 0 amide bonds. The summed E-state index contributed by atoms with van der Waals surface area (Å²) in [5, 5.41) is 0. The SMILES string of the molecule is FC1(F)CCCN(c2ccc(Br)cc2)C1. The lowest BCUT2D eigenvalue weighted by Gasteiger charge is -2.34. The molecule has 4 heteroatoms. The van der Waals surface area contributed by atoms with E-state index in [1.807, 2.05) is 24.3 Å². The lowest BCUT2D eigenvalue weighted by atomic mass is 10.1. The minimum Gasteiger partial charge on any atom is -0.365 e. The molecule has 0 atom stereocenters. The van der Waals surface area contributed by atoms with Crippen LogP contribution < -0.4 is 4.90 Å². The largest absolute Gasteiger partial charge is 0.365 e. The molecule has 2 rings (SSSR count). The van der Waals surface area contributed by atoms with Crippen molar-refractivity contribution in [2.24, 2.45) is 0 Å². The van der Waals surface area contributed by atoms with Crippen molar-refractivity contribution >= 4 is 21.6 Å². The second-order valence-electron chi connectivity index (χ2n) is 3.86. The Kier molecular flexibility index (Phi) is 2.96. The molecule has 1 saturated heterocycles. The van der Waals surface area contributed by atoms with Crippen LogP contribution in [0.2, 0.25) is 0 Å². The third-order valence-corrected chi connectivity index (χ3v) is 3.11. The third kappa shape index (κ3) is 2.68. The maximum atomic E-state index is 13.2. The molecule has 1 aromatic carbocycles. The number of alkyl halides is 2. The number of rotatable bonds is 1. The molecule has 0 radical (unpaired) electrons. The molecular weight excluding hydrogens is 264 g/mol. The van der Waals surface area contributed by atoms with Gasteiger partial charge in [0.2, 0.25) is 0 Å². The molecule has 0 N–H and O–H groups in total. The Morgan fingerprint density at radius 3 is 2.47 bits per heavy atom. The molecule has 1 aromatic rings. The lowest BCUT2D eigenvalue weighted by molar-refractivity contribution is -0.0116. The molecule has 1 heterocycles. The van der Waals surface area contributed by atoms with Crippen molar-refractivity contribution < 1.29 is 8.78 Å². The summed E-state index contributed by atoms with van der Waals surface area (Å²) in [6.45, 7) is 0.561. The predicted octanol–water partition coefficient (Wildman–Crippen LogP) is 3.68. The molecule has 0 spiro atoms. The van der Waals surface area contributed by atoms with E-state index in [0.717, 1.165) is 16.7 Å². The zero-order chi connectivity index (χ0) is 10.9. The van der Waals surface area contributed by atoms with E-state index >= 15 is 0 Å². The van der Waals surface area contributed by atoms with E-state index in [9.17, 15) is 8.78 Å². The summed E-state index contributed by atoms with van der Waals surface area (Å²) in [5.74, 6) is -2.54. The molecule has 1 aliphatic rings. The van der Waals surface area contributed by atoms with Gasteiger partial charge >= 0.3 is 0 Å². The minimum atomic E-state index is -2.54. The van der Waals surface area contributed by atoms with Crippen LogP contribution in [0.3, 0.4) is 0 Å². The number of nitrogens with zero attached hydrogens (tertiary/aromatic N) is 1. The topological polar surface area (TPSA) is 3.24 Å². The third-order valence-electron chi connectivity index (χ3n) is 2.58. The first-order chi connectivity index (χ1) is 7.07. The number of halogens is 3. The number of piperidine rings is 1. The summed E-state index contributed by atoms with van der Waals surface area (Å²) in [7, 11) is 0. The number of hydrogen-bond donors (Lipinski definition) is 0. The molecular formula is C11H12BrF2N. The van der Waals surface area contributed by atoms with Crippen molar-refractivity contribution in [3.05, 3.63) is 28.7 Å². The van der Waals surface area contributed by atoms with Crippen LogP contribution in [0, 0.1) is 0 Å². The summed E-state index contributed by atoms with van der Waals surface area (Å²) in [4.78, 5) is 1.75. The fraction of sp³-hybridized carbons (Fsp3) is 0.455. The van der Waals surface area contributed by atoms with Crippen LogP contribution in [0.1, 0.15) is 12.8 Å². The Bertz CT molecular complexity index is 337. The van der Waals surface area contributed by atoms with Gasteiger partial charge in [-0.25, -0.2) is 8.78 Å². The average molecular weight is 276 g/mol. The number of benzene rings is 1. The Morgan fingerprint density at radius 1 is 1.20 bits per heavy atom. The first-order valence-electron chi connectivity index (χ1n) is 4.95. The highest BCUT2D eigenvalue weighted by molar-refractivity contribution is 9.10. The van der Waals surface area contributed by atoms with E-state index in [-0.39, 0.29) is 13.0 Å². The fourth-order valence-electron chi connectivity index (χ4n) is 1.84. The second kappa shape index (κ2) is 4.08. The molecule has 15 heavy (non-hydrogen) atoms. The van der Waals surface area contributed by atoms with Crippen molar-refractivity contribution in [3.8, 4) is 0 Å².